The highest BCUT2D eigenvalue weighted by atomic mass is 15.2. The summed E-state index contributed by atoms with van der Waals surface area (Å²) in [6.45, 7) is 7.41. The summed E-state index contributed by atoms with van der Waals surface area (Å²) in [7, 11) is 0. The number of rotatable bonds is 3. The first-order chi connectivity index (χ1) is 9.22. The van der Waals surface area contributed by atoms with Crippen molar-refractivity contribution in [1.29, 1.82) is 0 Å². The van der Waals surface area contributed by atoms with Crippen LogP contribution in [0.2, 0.25) is 0 Å². The summed E-state index contributed by atoms with van der Waals surface area (Å²) in [5.41, 5.74) is 4.97. The lowest BCUT2D eigenvalue weighted by molar-refractivity contribution is 0.326. The average Bonchev–Trinajstić information content (AvgIpc) is 3.01. The van der Waals surface area contributed by atoms with Gasteiger partial charge in [-0.3, -0.25) is 15.0 Å². The predicted octanol–water partition coefficient (Wildman–Crippen LogP) is 2.41. The molecule has 2 aromatic heterocycles. The molecule has 100 valence electrons. The number of aryl methyl sites for hydroxylation is 2. The van der Waals surface area contributed by atoms with Crippen LogP contribution in [-0.2, 0) is 6.54 Å². The van der Waals surface area contributed by atoms with Gasteiger partial charge in [0.15, 0.2) is 0 Å². The Labute approximate surface area is 113 Å². The van der Waals surface area contributed by atoms with E-state index in [-0.39, 0.29) is 0 Å². The number of nitrogens with zero attached hydrogens (tertiary/aromatic N) is 3. The standard InChI is InChI=1S/C15H20N4/c1-11-7-17-18-15(11)14-5-6-19(10-14)9-13-4-3-12(2)16-8-13/h3-4,7-8,14H,5-6,9-10H2,1-2H3,(H,17,18)/t14-/m0/s1. The molecule has 1 saturated heterocycles. The average molecular weight is 256 g/mol. The van der Waals surface area contributed by atoms with Crippen molar-refractivity contribution in [2.45, 2.75) is 32.7 Å². The van der Waals surface area contributed by atoms with E-state index in [4.69, 9.17) is 0 Å². The summed E-state index contributed by atoms with van der Waals surface area (Å²) in [6.07, 6.45) is 5.12. The van der Waals surface area contributed by atoms with Gasteiger partial charge in [0, 0.05) is 36.6 Å². The second kappa shape index (κ2) is 5.13. The first kappa shape index (κ1) is 12.4. The molecule has 4 heteroatoms. The van der Waals surface area contributed by atoms with Crippen molar-refractivity contribution in [2.75, 3.05) is 13.1 Å². The third-order valence-corrected chi connectivity index (χ3v) is 3.93. The number of aromatic nitrogens is 3. The SMILES string of the molecule is Cc1ccc(CN2CC[C@H](c3[nH]ncc3C)C2)cn1. The number of aromatic amines is 1. The Morgan fingerprint density at radius 2 is 2.21 bits per heavy atom. The van der Waals surface area contributed by atoms with Gasteiger partial charge in [-0.15, -0.1) is 0 Å². The molecule has 0 amide bonds. The number of H-pyrrole nitrogens is 1. The van der Waals surface area contributed by atoms with E-state index >= 15 is 0 Å². The van der Waals surface area contributed by atoms with Gasteiger partial charge >= 0.3 is 0 Å². The molecule has 1 aliphatic heterocycles. The Hall–Kier alpha value is -1.68. The van der Waals surface area contributed by atoms with E-state index in [2.05, 4.69) is 39.1 Å². The fourth-order valence-corrected chi connectivity index (χ4v) is 2.83. The van der Waals surface area contributed by atoms with E-state index in [9.17, 15) is 0 Å². The van der Waals surface area contributed by atoms with Crippen molar-refractivity contribution >= 4 is 0 Å². The minimum Gasteiger partial charge on any atom is -0.298 e. The van der Waals surface area contributed by atoms with Crippen molar-refractivity contribution < 1.29 is 0 Å². The molecule has 0 aromatic carbocycles. The van der Waals surface area contributed by atoms with E-state index in [1.54, 1.807) is 0 Å². The molecule has 4 nitrogen and oxygen atoms in total. The van der Waals surface area contributed by atoms with Crippen molar-refractivity contribution in [3.05, 3.63) is 47.0 Å². The minimum absolute atomic E-state index is 0.598. The number of pyridine rings is 1. The van der Waals surface area contributed by atoms with Gasteiger partial charge in [-0.1, -0.05) is 6.07 Å². The van der Waals surface area contributed by atoms with Crippen LogP contribution in [0.4, 0.5) is 0 Å². The minimum atomic E-state index is 0.598. The summed E-state index contributed by atoms with van der Waals surface area (Å²) in [5.74, 6) is 0.598. The molecule has 0 radical (unpaired) electrons. The largest absolute Gasteiger partial charge is 0.298 e. The Bertz CT molecular complexity index is 544. The zero-order valence-electron chi connectivity index (χ0n) is 11.6. The van der Waals surface area contributed by atoms with Crippen LogP contribution in [0.3, 0.4) is 0 Å². The summed E-state index contributed by atoms with van der Waals surface area (Å²) >= 11 is 0. The van der Waals surface area contributed by atoms with Crippen LogP contribution in [0.25, 0.3) is 0 Å². The second-order valence-electron chi connectivity index (χ2n) is 5.50. The molecule has 0 unspecified atom stereocenters. The van der Waals surface area contributed by atoms with Gasteiger partial charge in [-0.05, 0) is 44.0 Å². The number of hydrogen-bond acceptors (Lipinski definition) is 3. The molecule has 1 atom stereocenters. The topological polar surface area (TPSA) is 44.8 Å². The third-order valence-electron chi connectivity index (χ3n) is 3.93. The molecule has 3 rings (SSSR count). The molecule has 0 saturated carbocycles. The van der Waals surface area contributed by atoms with Gasteiger partial charge in [0.05, 0.1) is 6.20 Å². The van der Waals surface area contributed by atoms with Crippen LogP contribution in [-0.4, -0.2) is 33.2 Å². The maximum absolute atomic E-state index is 4.36. The fraction of sp³-hybridized carbons (Fsp3) is 0.467. The van der Waals surface area contributed by atoms with E-state index in [1.165, 1.54) is 23.2 Å². The molecular weight excluding hydrogens is 236 g/mol. The lowest BCUT2D eigenvalue weighted by Gasteiger charge is -2.15. The highest BCUT2D eigenvalue weighted by Gasteiger charge is 2.25. The first-order valence-electron chi connectivity index (χ1n) is 6.86. The van der Waals surface area contributed by atoms with Crippen LogP contribution < -0.4 is 0 Å². The molecule has 19 heavy (non-hydrogen) atoms. The van der Waals surface area contributed by atoms with Gasteiger partial charge in [0.1, 0.15) is 0 Å². The van der Waals surface area contributed by atoms with Gasteiger partial charge < -0.3 is 0 Å². The Morgan fingerprint density at radius 3 is 2.89 bits per heavy atom. The van der Waals surface area contributed by atoms with Crippen LogP contribution in [0.15, 0.2) is 24.5 Å². The third kappa shape index (κ3) is 2.68. The van der Waals surface area contributed by atoms with Crippen LogP contribution in [0, 0.1) is 13.8 Å². The normalized spacial score (nSPS) is 20.0. The van der Waals surface area contributed by atoms with Crippen LogP contribution >= 0.6 is 0 Å². The molecule has 1 N–H and O–H groups in total. The molecule has 0 aliphatic carbocycles. The highest BCUT2D eigenvalue weighted by molar-refractivity contribution is 5.20. The molecule has 3 heterocycles. The van der Waals surface area contributed by atoms with Crippen LogP contribution in [0.1, 0.15) is 34.9 Å². The van der Waals surface area contributed by atoms with Gasteiger partial charge in [0.25, 0.3) is 0 Å². The van der Waals surface area contributed by atoms with Crippen molar-refractivity contribution in [3.63, 3.8) is 0 Å². The quantitative estimate of drug-likeness (QED) is 0.917. The summed E-state index contributed by atoms with van der Waals surface area (Å²) in [4.78, 5) is 6.86. The Balaban J connectivity index is 1.63. The lowest BCUT2D eigenvalue weighted by atomic mass is 10.0. The number of nitrogens with one attached hydrogen (secondary N) is 1. The molecule has 1 aliphatic rings. The van der Waals surface area contributed by atoms with Gasteiger partial charge in [-0.2, -0.15) is 5.10 Å². The van der Waals surface area contributed by atoms with E-state index in [0.717, 1.165) is 25.3 Å². The van der Waals surface area contributed by atoms with Crippen molar-refractivity contribution in [3.8, 4) is 0 Å². The first-order valence-corrected chi connectivity index (χ1v) is 6.86. The maximum atomic E-state index is 4.36. The van der Waals surface area contributed by atoms with E-state index in [0.29, 0.717) is 5.92 Å². The van der Waals surface area contributed by atoms with Gasteiger partial charge in [-0.25, -0.2) is 0 Å². The van der Waals surface area contributed by atoms with Gasteiger partial charge in [0.2, 0.25) is 0 Å². The van der Waals surface area contributed by atoms with Crippen molar-refractivity contribution in [1.82, 2.24) is 20.1 Å². The maximum Gasteiger partial charge on any atom is 0.0519 e. The number of likely N-dealkylation sites (tertiary alicyclic amines) is 1. The number of hydrogen-bond donors (Lipinski definition) is 1. The monoisotopic (exact) mass is 256 g/mol. The second-order valence-corrected chi connectivity index (χ2v) is 5.50. The smallest absolute Gasteiger partial charge is 0.0519 e. The Morgan fingerprint density at radius 1 is 1.32 bits per heavy atom. The fourth-order valence-electron chi connectivity index (χ4n) is 2.83. The van der Waals surface area contributed by atoms with E-state index in [1.807, 2.05) is 19.3 Å². The highest BCUT2D eigenvalue weighted by Crippen LogP contribution is 2.28. The summed E-state index contributed by atoms with van der Waals surface area (Å²) in [6, 6.07) is 4.26. The zero-order valence-corrected chi connectivity index (χ0v) is 11.6. The molecule has 0 spiro atoms. The summed E-state index contributed by atoms with van der Waals surface area (Å²) < 4.78 is 0. The van der Waals surface area contributed by atoms with E-state index < -0.39 is 0 Å². The zero-order chi connectivity index (χ0) is 13.2. The van der Waals surface area contributed by atoms with Crippen molar-refractivity contribution in [2.24, 2.45) is 0 Å². The molecular formula is C15H20N4. The lowest BCUT2D eigenvalue weighted by Crippen LogP contribution is -2.20. The Kier molecular flexibility index (Phi) is 3.34. The predicted molar refractivity (Wildman–Crippen MR) is 74.9 cm³/mol. The summed E-state index contributed by atoms with van der Waals surface area (Å²) in [5, 5.41) is 7.28. The molecule has 1 fully saturated rings. The molecule has 2 aromatic rings. The molecule has 0 bridgehead atoms. The van der Waals surface area contributed by atoms with Crippen LogP contribution in [0.5, 0.6) is 0 Å².